The second-order valence-electron chi connectivity index (χ2n) is 5.95. The van der Waals surface area contributed by atoms with Gasteiger partial charge < -0.3 is 15.2 Å². The normalized spacial score (nSPS) is 23.8. The monoisotopic (exact) mass is 343 g/mol. The van der Waals surface area contributed by atoms with Gasteiger partial charge in [0.15, 0.2) is 5.60 Å². The van der Waals surface area contributed by atoms with Crippen LogP contribution < -0.4 is 10.1 Å². The molecule has 0 atom stereocenters. The van der Waals surface area contributed by atoms with E-state index < -0.39 is 36.4 Å². The summed E-state index contributed by atoms with van der Waals surface area (Å²) in [4.78, 5) is 16.3. The highest BCUT2D eigenvalue weighted by Gasteiger charge is 2.60. The second kappa shape index (κ2) is 5.66. The Morgan fingerprint density at radius 3 is 2.88 bits per heavy atom. The van der Waals surface area contributed by atoms with Gasteiger partial charge in [-0.05, 0) is 24.8 Å². The summed E-state index contributed by atoms with van der Waals surface area (Å²) < 4.78 is 44.3. The summed E-state index contributed by atoms with van der Waals surface area (Å²) in [5, 5.41) is 12.0. The molecule has 0 saturated heterocycles. The van der Waals surface area contributed by atoms with Crippen LogP contribution in [0.1, 0.15) is 23.3 Å². The van der Waals surface area contributed by atoms with Crippen LogP contribution in [-0.2, 0) is 0 Å². The molecule has 0 aromatic carbocycles. The Balaban J connectivity index is 1.61. The van der Waals surface area contributed by atoms with Crippen molar-refractivity contribution in [3.63, 3.8) is 0 Å². The summed E-state index contributed by atoms with van der Waals surface area (Å²) in [5.41, 5.74) is -1.82. The van der Waals surface area contributed by atoms with E-state index in [1.165, 1.54) is 13.3 Å². The topological polar surface area (TPSA) is 75.9 Å². The van der Waals surface area contributed by atoms with Gasteiger partial charge in [0.25, 0.3) is 5.91 Å². The molecular weight excluding hydrogens is 327 g/mol. The highest BCUT2D eigenvalue weighted by molar-refractivity contribution is 5.93. The van der Waals surface area contributed by atoms with Crippen LogP contribution in [0, 0.1) is 5.92 Å². The fourth-order valence-electron chi connectivity index (χ4n) is 2.86. The number of alkyl halides is 3. The molecule has 2 N–H and O–H groups in total. The van der Waals surface area contributed by atoms with Crippen molar-refractivity contribution in [1.29, 1.82) is 0 Å². The lowest BCUT2D eigenvalue weighted by Crippen LogP contribution is -2.57. The molecular formula is C15H16F3N3O3. The van der Waals surface area contributed by atoms with Crippen LogP contribution in [0.4, 0.5) is 13.2 Å². The molecule has 0 bridgehead atoms. The first-order valence-corrected chi connectivity index (χ1v) is 7.32. The lowest BCUT2D eigenvalue weighted by atomic mass is 9.70. The molecule has 3 rings (SSSR count). The standard InChI is InChI=1S/C15H16F3N3O3/c1-24-10-2-3-21-11(8-19-12(21)4-10)13(22)20-7-9-5-14(23,6-9)15(16,17)18/h2-4,8-9,23H,5-7H2,1H3,(H,20,22). The Hall–Kier alpha value is -2.29. The second-order valence-corrected chi connectivity index (χ2v) is 5.95. The molecule has 9 heteroatoms. The highest BCUT2D eigenvalue weighted by atomic mass is 19.4. The maximum Gasteiger partial charge on any atom is 0.417 e. The van der Waals surface area contributed by atoms with Gasteiger partial charge in [-0.15, -0.1) is 0 Å². The number of pyridine rings is 1. The van der Waals surface area contributed by atoms with E-state index in [-0.39, 0.29) is 12.2 Å². The Morgan fingerprint density at radius 1 is 1.54 bits per heavy atom. The highest BCUT2D eigenvalue weighted by Crippen LogP contribution is 2.48. The van der Waals surface area contributed by atoms with Crippen LogP contribution in [0.5, 0.6) is 5.75 Å². The number of aromatic nitrogens is 2. The minimum atomic E-state index is -4.63. The maximum atomic E-state index is 12.6. The molecule has 1 fully saturated rings. The fraction of sp³-hybridized carbons (Fsp3) is 0.467. The van der Waals surface area contributed by atoms with E-state index in [4.69, 9.17) is 4.74 Å². The molecule has 0 radical (unpaired) electrons. The van der Waals surface area contributed by atoms with Gasteiger partial charge in [-0.25, -0.2) is 4.98 Å². The number of halogens is 3. The molecule has 6 nitrogen and oxygen atoms in total. The number of nitrogens with zero attached hydrogens (tertiary/aromatic N) is 2. The zero-order valence-corrected chi connectivity index (χ0v) is 12.8. The number of fused-ring (bicyclic) bond motifs is 1. The molecule has 2 aromatic heterocycles. The number of rotatable bonds is 4. The van der Waals surface area contributed by atoms with Crippen LogP contribution in [0.15, 0.2) is 24.5 Å². The van der Waals surface area contributed by atoms with E-state index in [1.54, 1.807) is 22.7 Å². The first-order valence-electron chi connectivity index (χ1n) is 7.32. The van der Waals surface area contributed by atoms with Gasteiger partial charge >= 0.3 is 6.18 Å². The van der Waals surface area contributed by atoms with E-state index >= 15 is 0 Å². The molecule has 130 valence electrons. The average Bonchev–Trinajstić information content (AvgIpc) is 2.91. The predicted molar refractivity (Wildman–Crippen MR) is 77.8 cm³/mol. The maximum absolute atomic E-state index is 12.6. The number of carbonyl (C=O) groups is 1. The van der Waals surface area contributed by atoms with E-state index in [0.717, 1.165) is 0 Å². The van der Waals surface area contributed by atoms with Gasteiger partial charge in [-0.3, -0.25) is 9.20 Å². The van der Waals surface area contributed by atoms with Crippen molar-refractivity contribution < 1.29 is 27.8 Å². The lowest BCUT2D eigenvalue weighted by molar-refractivity contribution is -0.298. The molecule has 1 aliphatic rings. The van der Waals surface area contributed by atoms with Gasteiger partial charge in [-0.2, -0.15) is 13.2 Å². The van der Waals surface area contributed by atoms with E-state index in [9.17, 15) is 23.1 Å². The molecule has 1 saturated carbocycles. The van der Waals surface area contributed by atoms with E-state index in [1.807, 2.05) is 0 Å². The number of ether oxygens (including phenoxy) is 1. The van der Waals surface area contributed by atoms with Crippen molar-refractivity contribution in [3.8, 4) is 5.75 Å². The van der Waals surface area contributed by atoms with Gasteiger partial charge in [0.2, 0.25) is 0 Å². The third-order valence-electron chi connectivity index (χ3n) is 4.28. The Bertz CT molecular complexity index is 766. The zero-order chi connectivity index (χ0) is 17.5. The Morgan fingerprint density at radius 2 is 2.25 bits per heavy atom. The molecule has 0 unspecified atom stereocenters. The van der Waals surface area contributed by atoms with Crippen molar-refractivity contribution >= 4 is 11.6 Å². The molecule has 1 aliphatic carbocycles. The van der Waals surface area contributed by atoms with Crippen molar-refractivity contribution in [1.82, 2.24) is 14.7 Å². The Kier molecular flexibility index (Phi) is 3.90. The summed E-state index contributed by atoms with van der Waals surface area (Å²) in [6.45, 7) is 0.0701. The minimum absolute atomic E-state index is 0.0701. The number of imidazole rings is 1. The number of carbonyl (C=O) groups excluding carboxylic acids is 1. The third kappa shape index (κ3) is 2.79. The summed E-state index contributed by atoms with van der Waals surface area (Å²) in [7, 11) is 1.52. The molecule has 2 aromatic rings. The Labute approximate surface area is 135 Å². The van der Waals surface area contributed by atoms with Crippen LogP contribution in [-0.4, -0.2) is 45.8 Å². The third-order valence-corrected chi connectivity index (χ3v) is 4.28. The summed E-state index contributed by atoms with van der Waals surface area (Å²) in [5.74, 6) is -0.240. The van der Waals surface area contributed by atoms with Crippen LogP contribution in [0.25, 0.3) is 5.65 Å². The quantitative estimate of drug-likeness (QED) is 0.887. The average molecular weight is 343 g/mol. The van der Waals surface area contributed by atoms with Crippen molar-refractivity contribution in [2.75, 3.05) is 13.7 Å². The van der Waals surface area contributed by atoms with Gasteiger partial charge in [0.1, 0.15) is 17.1 Å². The summed E-state index contributed by atoms with van der Waals surface area (Å²) >= 11 is 0. The largest absolute Gasteiger partial charge is 0.497 e. The van der Waals surface area contributed by atoms with Crippen LogP contribution >= 0.6 is 0 Å². The molecule has 0 aliphatic heterocycles. The van der Waals surface area contributed by atoms with E-state index in [0.29, 0.717) is 11.4 Å². The van der Waals surface area contributed by atoms with Crippen molar-refractivity contribution in [2.45, 2.75) is 24.6 Å². The van der Waals surface area contributed by atoms with Gasteiger partial charge in [-0.1, -0.05) is 0 Å². The minimum Gasteiger partial charge on any atom is -0.497 e. The fourth-order valence-corrected chi connectivity index (χ4v) is 2.86. The molecule has 24 heavy (non-hydrogen) atoms. The van der Waals surface area contributed by atoms with Crippen molar-refractivity contribution in [2.24, 2.45) is 5.92 Å². The molecule has 0 spiro atoms. The van der Waals surface area contributed by atoms with Crippen LogP contribution in [0.3, 0.4) is 0 Å². The van der Waals surface area contributed by atoms with Crippen LogP contribution in [0.2, 0.25) is 0 Å². The molecule has 2 heterocycles. The van der Waals surface area contributed by atoms with E-state index in [2.05, 4.69) is 10.3 Å². The number of hydrogen-bond donors (Lipinski definition) is 2. The summed E-state index contributed by atoms with van der Waals surface area (Å²) in [6.07, 6.45) is -2.42. The number of aliphatic hydroxyl groups is 1. The van der Waals surface area contributed by atoms with Gasteiger partial charge in [0.05, 0.1) is 13.3 Å². The first-order chi connectivity index (χ1) is 11.2. The van der Waals surface area contributed by atoms with Crippen molar-refractivity contribution in [3.05, 3.63) is 30.2 Å². The summed E-state index contributed by atoms with van der Waals surface area (Å²) in [6, 6.07) is 3.33. The number of nitrogens with one attached hydrogen (secondary N) is 1. The molecule has 1 amide bonds. The SMILES string of the molecule is COc1ccn2c(C(=O)NCC3CC(O)(C(F)(F)F)C3)cnc2c1. The number of hydrogen-bond acceptors (Lipinski definition) is 4. The zero-order valence-electron chi connectivity index (χ0n) is 12.8. The number of methoxy groups -OCH3 is 1. The predicted octanol–water partition coefficient (Wildman–Crippen LogP) is 1.78. The lowest BCUT2D eigenvalue weighted by Gasteiger charge is -2.44. The smallest absolute Gasteiger partial charge is 0.417 e. The number of amides is 1. The first kappa shape index (κ1) is 16.6. The van der Waals surface area contributed by atoms with Gasteiger partial charge in [0, 0.05) is 18.8 Å².